The lowest BCUT2D eigenvalue weighted by Gasteiger charge is -2.43. The number of pyridine rings is 1. The van der Waals surface area contributed by atoms with E-state index in [1.807, 2.05) is 0 Å². The van der Waals surface area contributed by atoms with Gasteiger partial charge in [-0.25, -0.2) is 13.9 Å². The Hall–Kier alpha value is -3.60. The largest absolute Gasteiger partial charge is 0.381 e. The molecule has 0 aromatic carbocycles. The van der Waals surface area contributed by atoms with Crippen LogP contribution in [-0.2, 0) is 0 Å². The first-order valence-corrected chi connectivity index (χ1v) is 10.4. The Morgan fingerprint density at radius 2 is 1.97 bits per heavy atom. The zero-order chi connectivity index (χ0) is 22.4. The average molecular weight is 458 g/mol. The van der Waals surface area contributed by atoms with E-state index < -0.39 is 11.7 Å². The molecule has 3 aromatic rings. The molecule has 5 rings (SSSR count). The molecule has 0 bridgehead atoms. The van der Waals surface area contributed by atoms with Crippen molar-refractivity contribution in [1.29, 1.82) is 0 Å². The number of halogens is 2. The smallest absolute Gasteiger partial charge is 0.263 e. The van der Waals surface area contributed by atoms with Crippen molar-refractivity contribution < 1.29 is 9.18 Å². The number of rotatable bonds is 3. The molecule has 1 amide bonds. The van der Waals surface area contributed by atoms with Crippen LogP contribution in [0.5, 0.6) is 0 Å². The van der Waals surface area contributed by atoms with Gasteiger partial charge in [-0.3, -0.25) is 9.78 Å². The molecule has 0 atom stereocenters. The van der Waals surface area contributed by atoms with Crippen LogP contribution >= 0.6 is 11.6 Å². The standard InChI is InChI=1S/C20H21ClFN9O/c1-28-2-3-29-4-5-30(11-13(29)10-28)17-14(21)7-24-8-15(17)26-20(32)16-18(23)27-31-9-12(22)6-25-19(16)31/h6-10H,2-5,11H2,1H3,(H2,23,27)(H,26,32). The van der Waals surface area contributed by atoms with Crippen molar-refractivity contribution in [2.45, 2.75) is 0 Å². The number of nitrogen functional groups attached to an aromatic ring is 1. The number of piperazine rings is 1. The second kappa shape index (κ2) is 7.83. The maximum atomic E-state index is 13.5. The molecule has 32 heavy (non-hydrogen) atoms. The van der Waals surface area contributed by atoms with E-state index in [1.165, 1.54) is 5.70 Å². The summed E-state index contributed by atoms with van der Waals surface area (Å²) in [5.41, 5.74) is 8.45. The molecule has 2 aliphatic heterocycles. The van der Waals surface area contributed by atoms with Crippen molar-refractivity contribution in [2.24, 2.45) is 0 Å². The van der Waals surface area contributed by atoms with E-state index >= 15 is 0 Å². The molecule has 1 saturated heterocycles. The summed E-state index contributed by atoms with van der Waals surface area (Å²) in [6.45, 7) is 4.21. The number of likely N-dealkylation sites (N-methyl/N-ethyl adjacent to an activating group) is 1. The molecular formula is C20H21ClFN9O. The van der Waals surface area contributed by atoms with Crippen molar-refractivity contribution in [1.82, 2.24) is 29.4 Å². The first-order valence-electron chi connectivity index (χ1n) is 10.1. The Balaban J connectivity index is 1.47. The first-order chi connectivity index (χ1) is 15.4. The number of hydrogen-bond donors (Lipinski definition) is 2. The van der Waals surface area contributed by atoms with Crippen LogP contribution in [0.25, 0.3) is 5.65 Å². The number of nitrogens with zero attached hydrogens (tertiary/aromatic N) is 7. The summed E-state index contributed by atoms with van der Waals surface area (Å²) >= 11 is 6.52. The number of hydrogen-bond acceptors (Lipinski definition) is 8. The predicted octanol–water partition coefficient (Wildman–Crippen LogP) is 1.66. The predicted molar refractivity (Wildman–Crippen MR) is 119 cm³/mol. The number of nitrogens with one attached hydrogen (secondary N) is 1. The fourth-order valence-corrected chi connectivity index (χ4v) is 4.38. The normalized spacial score (nSPS) is 16.2. The molecule has 5 heterocycles. The van der Waals surface area contributed by atoms with Crippen molar-refractivity contribution in [3.8, 4) is 0 Å². The van der Waals surface area contributed by atoms with Crippen LogP contribution < -0.4 is 16.0 Å². The third-order valence-corrected chi connectivity index (χ3v) is 5.90. The minimum atomic E-state index is -0.588. The Morgan fingerprint density at radius 3 is 2.81 bits per heavy atom. The second-order valence-electron chi connectivity index (χ2n) is 7.78. The van der Waals surface area contributed by atoms with Gasteiger partial charge in [-0.1, -0.05) is 11.6 Å². The van der Waals surface area contributed by atoms with Gasteiger partial charge >= 0.3 is 0 Å². The van der Waals surface area contributed by atoms with Gasteiger partial charge in [-0.15, -0.1) is 5.10 Å². The van der Waals surface area contributed by atoms with Crippen LogP contribution in [0.3, 0.4) is 0 Å². The summed E-state index contributed by atoms with van der Waals surface area (Å²) in [6, 6.07) is 0. The molecule has 166 valence electrons. The molecule has 10 nitrogen and oxygen atoms in total. The molecule has 2 aliphatic rings. The van der Waals surface area contributed by atoms with Gasteiger partial charge in [0, 0.05) is 51.3 Å². The lowest BCUT2D eigenvalue weighted by Crippen LogP contribution is -2.49. The molecular weight excluding hydrogens is 437 g/mol. The average Bonchev–Trinajstić information content (AvgIpc) is 3.08. The topological polar surface area (TPSA) is 108 Å². The number of carbonyl (C=O) groups is 1. The van der Waals surface area contributed by atoms with E-state index in [2.05, 4.69) is 48.3 Å². The van der Waals surface area contributed by atoms with Crippen molar-refractivity contribution in [3.63, 3.8) is 0 Å². The second-order valence-corrected chi connectivity index (χ2v) is 8.19. The van der Waals surface area contributed by atoms with Gasteiger partial charge in [0.05, 0.1) is 41.5 Å². The third kappa shape index (κ3) is 3.54. The molecule has 3 N–H and O–H groups in total. The van der Waals surface area contributed by atoms with E-state index in [9.17, 15) is 9.18 Å². The minimum Gasteiger partial charge on any atom is -0.381 e. The van der Waals surface area contributed by atoms with Gasteiger partial charge in [0.2, 0.25) is 0 Å². The number of amides is 1. The SMILES string of the molecule is CN1C=C2CN(c3c(Cl)cncc3NC(=O)c3c(N)nn4cc(F)cnc34)CCN2CC1. The zero-order valence-electron chi connectivity index (χ0n) is 17.3. The summed E-state index contributed by atoms with van der Waals surface area (Å²) in [5, 5.41) is 7.25. The first kappa shape index (κ1) is 20.3. The molecule has 0 aliphatic carbocycles. The lowest BCUT2D eigenvalue weighted by atomic mass is 10.2. The molecule has 12 heteroatoms. The quantitative estimate of drug-likeness (QED) is 0.611. The van der Waals surface area contributed by atoms with Crippen LogP contribution in [0, 0.1) is 5.82 Å². The van der Waals surface area contributed by atoms with Gasteiger partial charge in [-0.05, 0) is 0 Å². The molecule has 0 unspecified atom stereocenters. The summed E-state index contributed by atoms with van der Waals surface area (Å²) in [6.07, 6.45) is 7.34. The number of aromatic nitrogens is 4. The number of anilines is 3. The van der Waals surface area contributed by atoms with Crippen LogP contribution in [0.15, 0.2) is 36.7 Å². The molecule has 1 fully saturated rings. The highest BCUT2D eigenvalue weighted by Gasteiger charge is 2.28. The lowest BCUT2D eigenvalue weighted by molar-refractivity contribution is 0.102. The minimum absolute atomic E-state index is 0.0531. The molecule has 3 aromatic heterocycles. The molecule has 0 spiro atoms. The van der Waals surface area contributed by atoms with E-state index in [0.29, 0.717) is 22.9 Å². The van der Waals surface area contributed by atoms with E-state index in [-0.39, 0.29) is 17.0 Å². The van der Waals surface area contributed by atoms with E-state index in [0.717, 1.165) is 43.1 Å². The molecule has 0 saturated carbocycles. The fourth-order valence-electron chi connectivity index (χ4n) is 4.10. The Morgan fingerprint density at radius 1 is 1.19 bits per heavy atom. The van der Waals surface area contributed by atoms with Crippen LogP contribution in [0.2, 0.25) is 5.02 Å². The Kier molecular flexibility index (Phi) is 4.97. The highest BCUT2D eigenvalue weighted by atomic mass is 35.5. The summed E-state index contributed by atoms with van der Waals surface area (Å²) in [5.74, 6) is -1.17. The molecule has 0 radical (unpaired) electrons. The van der Waals surface area contributed by atoms with Crippen molar-refractivity contribution in [3.05, 3.63) is 53.1 Å². The zero-order valence-corrected chi connectivity index (χ0v) is 18.1. The highest BCUT2D eigenvalue weighted by Crippen LogP contribution is 2.36. The van der Waals surface area contributed by atoms with Gasteiger partial charge in [0.1, 0.15) is 5.56 Å². The van der Waals surface area contributed by atoms with E-state index in [1.54, 1.807) is 12.4 Å². The number of fused-ring (bicyclic) bond motifs is 2. The third-order valence-electron chi connectivity index (χ3n) is 5.62. The summed E-state index contributed by atoms with van der Waals surface area (Å²) < 4.78 is 14.6. The summed E-state index contributed by atoms with van der Waals surface area (Å²) in [7, 11) is 2.05. The van der Waals surface area contributed by atoms with Gasteiger partial charge < -0.3 is 25.8 Å². The maximum absolute atomic E-state index is 13.5. The van der Waals surface area contributed by atoms with Crippen LogP contribution in [-0.4, -0.2) is 75.1 Å². The summed E-state index contributed by atoms with van der Waals surface area (Å²) in [4.78, 5) is 27.9. The van der Waals surface area contributed by atoms with Crippen molar-refractivity contribution in [2.75, 3.05) is 55.7 Å². The Bertz CT molecular complexity index is 1240. The van der Waals surface area contributed by atoms with E-state index in [4.69, 9.17) is 17.3 Å². The van der Waals surface area contributed by atoms with Crippen LogP contribution in [0.4, 0.5) is 21.6 Å². The maximum Gasteiger partial charge on any atom is 0.263 e. The van der Waals surface area contributed by atoms with Crippen LogP contribution in [0.1, 0.15) is 10.4 Å². The number of carbonyl (C=O) groups excluding carboxylic acids is 1. The highest BCUT2D eigenvalue weighted by molar-refractivity contribution is 6.34. The number of nitrogens with two attached hydrogens (primary N) is 1. The van der Waals surface area contributed by atoms with Gasteiger partial charge in [0.25, 0.3) is 5.91 Å². The van der Waals surface area contributed by atoms with Gasteiger partial charge in [-0.2, -0.15) is 0 Å². The monoisotopic (exact) mass is 457 g/mol. The fraction of sp³-hybridized carbons (Fsp3) is 0.300. The van der Waals surface area contributed by atoms with Gasteiger partial charge in [0.15, 0.2) is 17.3 Å². The Labute approximate surface area is 188 Å². The van der Waals surface area contributed by atoms with Crippen molar-refractivity contribution >= 4 is 40.3 Å².